The predicted octanol–water partition coefficient (Wildman–Crippen LogP) is 2.40. The average molecular weight is 280 g/mol. The van der Waals surface area contributed by atoms with Crippen molar-refractivity contribution in [3.63, 3.8) is 0 Å². The van der Waals surface area contributed by atoms with E-state index < -0.39 is 11.4 Å². The second-order valence-corrected chi connectivity index (χ2v) is 6.22. The first-order chi connectivity index (χ1) is 9.47. The van der Waals surface area contributed by atoms with E-state index in [0.29, 0.717) is 19.4 Å². The molecule has 0 saturated heterocycles. The second-order valence-electron chi connectivity index (χ2n) is 6.22. The first kappa shape index (κ1) is 14.9. The van der Waals surface area contributed by atoms with Crippen molar-refractivity contribution in [3.05, 3.63) is 5.82 Å². The van der Waals surface area contributed by atoms with Crippen LogP contribution >= 0.6 is 0 Å². The lowest BCUT2D eigenvalue weighted by molar-refractivity contribution is -0.150. The van der Waals surface area contributed by atoms with E-state index in [4.69, 9.17) is 0 Å². The summed E-state index contributed by atoms with van der Waals surface area (Å²) in [6.45, 7) is 6.37. The van der Waals surface area contributed by atoms with E-state index in [1.54, 1.807) is 4.68 Å². The highest BCUT2D eigenvalue weighted by molar-refractivity contribution is 5.74. The SMILES string of the molecule is CCC(CC)(Cn1nnnc1C1(C)CCCC1)C(=O)O. The number of carboxylic acid groups (broad SMARTS) is 1. The third-order valence-electron chi connectivity index (χ3n) is 5.04. The van der Waals surface area contributed by atoms with Gasteiger partial charge in [0.25, 0.3) is 0 Å². The molecule has 6 nitrogen and oxygen atoms in total. The summed E-state index contributed by atoms with van der Waals surface area (Å²) < 4.78 is 1.73. The van der Waals surface area contributed by atoms with Crippen molar-refractivity contribution in [2.45, 2.75) is 71.3 Å². The number of aliphatic carboxylic acids is 1. The number of aromatic nitrogens is 4. The van der Waals surface area contributed by atoms with Gasteiger partial charge in [-0.1, -0.05) is 33.6 Å². The van der Waals surface area contributed by atoms with Crippen LogP contribution in [0.1, 0.15) is 65.1 Å². The summed E-state index contributed by atoms with van der Waals surface area (Å²) in [5.74, 6) is 0.0862. The normalized spacial score (nSPS) is 18.4. The Kier molecular flexibility index (Phi) is 4.11. The van der Waals surface area contributed by atoms with Crippen LogP contribution in [0.2, 0.25) is 0 Å². The Bertz CT molecular complexity index is 473. The van der Waals surface area contributed by atoms with Crippen molar-refractivity contribution in [1.29, 1.82) is 0 Å². The van der Waals surface area contributed by atoms with E-state index in [1.807, 2.05) is 13.8 Å². The van der Waals surface area contributed by atoms with Crippen LogP contribution < -0.4 is 0 Å². The first-order valence-corrected chi connectivity index (χ1v) is 7.47. The quantitative estimate of drug-likeness (QED) is 0.865. The molecule has 1 heterocycles. The maximum absolute atomic E-state index is 11.6. The zero-order valence-corrected chi connectivity index (χ0v) is 12.6. The zero-order valence-electron chi connectivity index (χ0n) is 12.6. The third-order valence-corrected chi connectivity index (χ3v) is 5.04. The van der Waals surface area contributed by atoms with E-state index in [0.717, 1.165) is 18.7 Å². The Balaban J connectivity index is 2.30. The van der Waals surface area contributed by atoms with Crippen molar-refractivity contribution in [1.82, 2.24) is 20.2 Å². The van der Waals surface area contributed by atoms with Gasteiger partial charge in [0.2, 0.25) is 0 Å². The predicted molar refractivity (Wildman–Crippen MR) is 74.3 cm³/mol. The molecule has 1 aromatic heterocycles. The van der Waals surface area contributed by atoms with Gasteiger partial charge in [-0.25, -0.2) is 4.68 Å². The number of hydrogen-bond donors (Lipinski definition) is 1. The molecule has 1 fully saturated rings. The highest BCUT2D eigenvalue weighted by Crippen LogP contribution is 2.40. The minimum absolute atomic E-state index is 0.00474. The largest absolute Gasteiger partial charge is 0.481 e. The minimum atomic E-state index is -0.779. The maximum atomic E-state index is 11.6. The van der Waals surface area contributed by atoms with E-state index in [-0.39, 0.29) is 5.41 Å². The van der Waals surface area contributed by atoms with E-state index in [2.05, 4.69) is 22.4 Å². The summed E-state index contributed by atoms with van der Waals surface area (Å²) in [6, 6.07) is 0. The van der Waals surface area contributed by atoms with Crippen LogP contribution in [0.3, 0.4) is 0 Å². The number of nitrogens with zero attached hydrogens (tertiary/aromatic N) is 4. The van der Waals surface area contributed by atoms with Crippen LogP contribution in [-0.2, 0) is 16.8 Å². The Morgan fingerprint density at radius 1 is 1.35 bits per heavy atom. The molecule has 0 amide bonds. The van der Waals surface area contributed by atoms with Gasteiger partial charge in [-0.3, -0.25) is 4.79 Å². The highest BCUT2D eigenvalue weighted by atomic mass is 16.4. The Morgan fingerprint density at radius 2 is 1.95 bits per heavy atom. The highest BCUT2D eigenvalue weighted by Gasteiger charge is 2.40. The topological polar surface area (TPSA) is 80.9 Å². The van der Waals surface area contributed by atoms with Crippen molar-refractivity contribution in [2.75, 3.05) is 0 Å². The maximum Gasteiger partial charge on any atom is 0.311 e. The lowest BCUT2D eigenvalue weighted by Crippen LogP contribution is -2.37. The van der Waals surface area contributed by atoms with Crippen molar-refractivity contribution < 1.29 is 9.90 Å². The van der Waals surface area contributed by atoms with Crippen molar-refractivity contribution >= 4 is 5.97 Å². The summed E-state index contributed by atoms with van der Waals surface area (Å²) >= 11 is 0. The molecule has 20 heavy (non-hydrogen) atoms. The first-order valence-electron chi connectivity index (χ1n) is 7.47. The molecule has 0 unspecified atom stereocenters. The summed E-state index contributed by atoms with van der Waals surface area (Å²) in [5.41, 5.74) is -0.783. The minimum Gasteiger partial charge on any atom is -0.481 e. The lowest BCUT2D eigenvalue weighted by Gasteiger charge is -2.29. The fraction of sp³-hybridized carbons (Fsp3) is 0.857. The van der Waals surface area contributed by atoms with Gasteiger partial charge in [0.1, 0.15) is 0 Å². The zero-order chi connectivity index (χ0) is 14.8. The number of hydrogen-bond acceptors (Lipinski definition) is 4. The molecular weight excluding hydrogens is 256 g/mol. The monoisotopic (exact) mass is 280 g/mol. The van der Waals surface area contributed by atoms with Gasteiger partial charge in [-0.15, -0.1) is 5.10 Å². The van der Waals surface area contributed by atoms with Crippen LogP contribution in [0.4, 0.5) is 0 Å². The van der Waals surface area contributed by atoms with Crippen molar-refractivity contribution in [2.24, 2.45) is 5.41 Å². The molecule has 0 aromatic carbocycles. The molecule has 2 rings (SSSR count). The molecule has 0 radical (unpaired) electrons. The van der Waals surface area contributed by atoms with Crippen LogP contribution in [0.25, 0.3) is 0 Å². The number of tetrazole rings is 1. The van der Waals surface area contributed by atoms with Gasteiger partial charge in [0, 0.05) is 5.41 Å². The van der Waals surface area contributed by atoms with Gasteiger partial charge >= 0.3 is 5.97 Å². The molecular formula is C14H24N4O2. The van der Waals surface area contributed by atoms with Gasteiger partial charge in [-0.2, -0.15) is 0 Å². The number of carbonyl (C=O) groups is 1. The van der Waals surface area contributed by atoms with E-state index in [1.165, 1.54) is 12.8 Å². The number of carboxylic acids is 1. The molecule has 0 aliphatic heterocycles. The third kappa shape index (κ3) is 2.43. The molecule has 0 spiro atoms. The van der Waals surface area contributed by atoms with E-state index >= 15 is 0 Å². The standard InChI is InChI=1S/C14H24N4O2/c1-4-14(5-2,12(19)20)10-18-11(15-16-17-18)13(3)8-6-7-9-13/h4-10H2,1-3H3,(H,19,20). The molecule has 1 N–H and O–H groups in total. The lowest BCUT2D eigenvalue weighted by atomic mass is 9.81. The summed E-state index contributed by atoms with van der Waals surface area (Å²) in [6.07, 6.45) is 5.69. The Morgan fingerprint density at radius 3 is 2.45 bits per heavy atom. The van der Waals surface area contributed by atoms with Gasteiger partial charge in [-0.05, 0) is 36.1 Å². The van der Waals surface area contributed by atoms with Crippen LogP contribution in [0.5, 0.6) is 0 Å². The summed E-state index contributed by atoms with van der Waals surface area (Å²) in [4.78, 5) is 11.6. The molecule has 0 atom stereocenters. The Hall–Kier alpha value is -1.46. The molecule has 1 saturated carbocycles. The van der Waals surface area contributed by atoms with Crippen LogP contribution in [-0.4, -0.2) is 31.3 Å². The van der Waals surface area contributed by atoms with Gasteiger partial charge < -0.3 is 5.11 Å². The second kappa shape index (κ2) is 5.50. The fourth-order valence-electron chi connectivity index (χ4n) is 3.25. The molecule has 112 valence electrons. The smallest absolute Gasteiger partial charge is 0.311 e. The van der Waals surface area contributed by atoms with E-state index in [9.17, 15) is 9.90 Å². The Labute approximate surface area is 119 Å². The van der Waals surface area contributed by atoms with Crippen LogP contribution in [0.15, 0.2) is 0 Å². The van der Waals surface area contributed by atoms with Gasteiger partial charge in [0.05, 0.1) is 12.0 Å². The van der Waals surface area contributed by atoms with Crippen LogP contribution in [0, 0.1) is 5.41 Å². The average Bonchev–Trinajstić information content (AvgIpc) is 3.05. The fourth-order valence-corrected chi connectivity index (χ4v) is 3.25. The summed E-state index contributed by atoms with van der Waals surface area (Å²) in [5, 5.41) is 21.6. The molecule has 6 heteroatoms. The molecule has 1 aromatic rings. The van der Waals surface area contributed by atoms with Gasteiger partial charge in [0.15, 0.2) is 5.82 Å². The molecule has 1 aliphatic carbocycles. The molecule has 1 aliphatic rings. The molecule has 0 bridgehead atoms. The van der Waals surface area contributed by atoms with Crippen molar-refractivity contribution in [3.8, 4) is 0 Å². The summed E-state index contributed by atoms with van der Waals surface area (Å²) in [7, 11) is 0. The number of rotatable bonds is 6.